The van der Waals surface area contributed by atoms with Crippen molar-refractivity contribution in [2.24, 2.45) is 10.2 Å². The first-order valence-electron chi connectivity index (χ1n) is 27.1. The fourth-order valence-corrected chi connectivity index (χ4v) is 8.51. The predicted molar refractivity (Wildman–Crippen MR) is 300 cm³/mol. The van der Waals surface area contributed by atoms with E-state index in [0.717, 1.165) is 156 Å². The van der Waals surface area contributed by atoms with Crippen molar-refractivity contribution in [2.75, 3.05) is 33.0 Å². The monoisotopic (exact) mass is 1070 g/mol. The van der Waals surface area contributed by atoms with Crippen molar-refractivity contribution in [3.05, 3.63) is 156 Å². The molecule has 5 aromatic carbocycles. The molecule has 0 unspecified atom stereocenters. The van der Waals surface area contributed by atoms with E-state index in [-0.39, 0.29) is 11.3 Å². The van der Waals surface area contributed by atoms with Gasteiger partial charge in [-0.3, -0.25) is 10.1 Å². The minimum Gasteiger partial charge on any atom is -0.494 e. The lowest BCUT2D eigenvalue weighted by Crippen LogP contribution is -2.13. The molecule has 5 aromatic rings. The van der Waals surface area contributed by atoms with Crippen LogP contribution in [-0.4, -0.2) is 67.1 Å². The van der Waals surface area contributed by atoms with Gasteiger partial charge in [0.25, 0.3) is 5.69 Å². The maximum Gasteiger partial charge on any atom is 0.513 e. The number of carbonyl (C=O) groups excluding carboxylic acids is 3. The van der Waals surface area contributed by atoms with Crippen molar-refractivity contribution in [2.45, 2.75) is 122 Å². The van der Waals surface area contributed by atoms with Crippen LogP contribution in [0.2, 0.25) is 0 Å². The highest BCUT2D eigenvalue weighted by Gasteiger charge is 2.23. The minimum atomic E-state index is -1.68. The lowest BCUT2D eigenvalue weighted by Gasteiger charge is -2.18. The molecule has 0 saturated carbocycles. The Labute approximate surface area is 457 Å². The smallest absolute Gasteiger partial charge is 0.494 e. The molecule has 0 fully saturated rings. The van der Waals surface area contributed by atoms with Gasteiger partial charge in [-0.05, 0) is 165 Å². The van der Waals surface area contributed by atoms with Crippen molar-refractivity contribution in [3.8, 4) is 39.5 Å². The summed E-state index contributed by atoms with van der Waals surface area (Å²) in [6, 6.07) is 32.1. The van der Waals surface area contributed by atoms with E-state index >= 15 is 0 Å². The second kappa shape index (κ2) is 35.2. The van der Waals surface area contributed by atoms with E-state index in [2.05, 4.69) is 29.5 Å². The molecule has 0 aromatic heterocycles. The number of rotatable bonds is 38. The number of esters is 3. The number of aryl methyl sites for hydroxylation is 1. The molecule has 0 radical (unpaired) electrons. The van der Waals surface area contributed by atoms with Crippen LogP contribution in [0.15, 0.2) is 145 Å². The molecule has 78 heavy (non-hydrogen) atoms. The summed E-state index contributed by atoms with van der Waals surface area (Å²) < 4.78 is 32.9. The van der Waals surface area contributed by atoms with Crippen LogP contribution in [0.1, 0.15) is 131 Å². The van der Waals surface area contributed by atoms with E-state index in [1.165, 1.54) is 12.1 Å². The quantitative estimate of drug-likeness (QED) is 0.00570. The number of nitro groups is 1. The molecule has 0 aliphatic rings. The van der Waals surface area contributed by atoms with Crippen LogP contribution < -0.4 is 14.2 Å². The molecular formula is C62H73N3O13. The van der Waals surface area contributed by atoms with Crippen molar-refractivity contribution in [1.29, 1.82) is 0 Å². The highest BCUT2D eigenvalue weighted by molar-refractivity contribution is 6.03. The minimum absolute atomic E-state index is 0.00265. The molecule has 1 N–H and O–H groups in total. The van der Waals surface area contributed by atoms with Gasteiger partial charge < -0.3 is 33.5 Å². The van der Waals surface area contributed by atoms with Gasteiger partial charge in [0.05, 0.1) is 54.9 Å². The highest BCUT2D eigenvalue weighted by atomic mass is 16.7. The summed E-state index contributed by atoms with van der Waals surface area (Å²) in [4.78, 5) is 58.4. The molecule has 16 heteroatoms. The Morgan fingerprint density at radius 1 is 0.487 bits per heavy atom. The van der Waals surface area contributed by atoms with Gasteiger partial charge in [-0.1, -0.05) is 94.9 Å². The number of carboxylic acid groups (broad SMARTS) is 1. The van der Waals surface area contributed by atoms with Crippen LogP contribution in [0.3, 0.4) is 0 Å². The first kappa shape index (κ1) is 60.7. The number of nitro benzene ring substituents is 1. The number of ether oxygens (including phenoxy) is 6. The normalized spacial score (nSPS) is 10.9. The first-order chi connectivity index (χ1) is 38.0. The zero-order valence-corrected chi connectivity index (χ0v) is 44.6. The van der Waals surface area contributed by atoms with Gasteiger partial charge in [0.15, 0.2) is 0 Å². The summed E-state index contributed by atoms with van der Waals surface area (Å²) in [5, 5.41) is 28.8. The topological polar surface area (TPSA) is 212 Å². The molecule has 414 valence electrons. The summed E-state index contributed by atoms with van der Waals surface area (Å²) in [5.74, 6) is 0.331. The summed E-state index contributed by atoms with van der Waals surface area (Å²) >= 11 is 0. The summed E-state index contributed by atoms with van der Waals surface area (Å²) in [5.41, 5.74) is 5.17. The zero-order chi connectivity index (χ0) is 55.6. The van der Waals surface area contributed by atoms with E-state index in [9.17, 15) is 34.4 Å². The van der Waals surface area contributed by atoms with Crippen molar-refractivity contribution >= 4 is 41.1 Å². The largest absolute Gasteiger partial charge is 0.513 e. The number of non-ortho nitro benzene ring substituents is 1. The van der Waals surface area contributed by atoms with E-state index in [1.54, 1.807) is 18.2 Å². The fourth-order valence-electron chi connectivity index (χ4n) is 8.51. The van der Waals surface area contributed by atoms with Gasteiger partial charge in [0.1, 0.15) is 17.2 Å². The number of hydrogen-bond acceptors (Lipinski definition) is 14. The van der Waals surface area contributed by atoms with Crippen LogP contribution in [0.25, 0.3) is 22.3 Å². The molecule has 16 nitrogen and oxygen atoms in total. The standard InChI is InChI=1S/C62H73N3O13/c1-3-58(66)76-43-21-15-13-19-41-73-54-34-24-47(25-35-54)50-45-49(60(57(46-50)61(68)78-62(69)70)48-26-36-55(37-27-48)74-42-20-14-16-22-44-77-59(67)4-2)23-17-11-9-7-5-6-8-10-12-18-40-75-56-38-30-52(31-39-56)64-63-51-28-32-53(33-29-51)65(71)72/h3-4,24-39,45-46H,1-2,5-23,40-44H2,(H,69,70). The Morgan fingerprint density at radius 2 is 0.872 bits per heavy atom. The second-order valence-electron chi connectivity index (χ2n) is 18.6. The lowest BCUT2D eigenvalue weighted by molar-refractivity contribution is -0.384. The average molecular weight is 1070 g/mol. The summed E-state index contributed by atoms with van der Waals surface area (Å²) in [6.07, 6.45) is 18.8. The summed E-state index contributed by atoms with van der Waals surface area (Å²) in [7, 11) is 0. The van der Waals surface area contributed by atoms with Gasteiger partial charge >= 0.3 is 24.1 Å². The van der Waals surface area contributed by atoms with Crippen LogP contribution in [0.5, 0.6) is 17.2 Å². The van der Waals surface area contributed by atoms with Gasteiger partial charge in [0.2, 0.25) is 0 Å². The zero-order valence-electron chi connectivity index (χ0n) is 44.6. The molecule has 0 heterocycles. The molecule has 0 aliphatic heterocycles. The maximum atomic E-state index is 13.7. The first-order valence-corrected chi connectivity index (χ1v) is 27.1. The number of azo groups is 1. The molecule has 0 amide bonds. The van der Waals surface area contributed by atoms with Gasteiger partial charge in [-0.25, -0.2) is 19.2 Å². The lowest BCUT2D eigenvalue weighted by atomic mass is 9.87. The average Bonchev–Trinajstić information content (AvgIpc) is 3.45. The van der Waals surface area contributed by atoms with E-state index < -0.39 is 29.0 Å². The number of nitrogens with zero attached hydrogens (tertiary/aromatic N) is 3. The molecular weight excluding hydrogens is 995 g/mol. The maximum absolute atomic E-state index is 13.7. The molecule has 0 spiro atoms. The number of hydrogen-bond donors (Lipinski definition) is 1. The molecule has 0 aliphatic carbocycles. The summed E-state index contributed by atoms with van der Waals surface area (Å²) in [6.45, 7) is 9.19. The third kappa shape index (κ3) is 23.0. The number of benzene rings is 5. The second-order valence-corrected chi connectivity index (χ2v) is 18.6. The Balaban J connectivity index is 1.11. The van der Waals surface area contributed by atoms with Crippen molar-refractivity contribution < 1.29 is 57.6 Å². The number of carbonyl (C=O) groups is 4. The molecule has 0 atom stereocenters. The van der Waals surface area contributed by atoms with Crippen LogP contribution in [0, 0.1) is 10.1 Å². The van der Waals surface area contributed by atoms with Gasteiger partial charge in [-0.2, -0.15) is 10.2 Å². The van der Waals surface area contributed by atoms with Gasteiger partial charge in [0, 0.05) is 24.3 Å². The molecule has 0 bridgehead atoms. The van der Waals surface area contributed by atoms with E-state index in [0.29, 0.717) is 67.9 Å². The molecule has 5 rings (SSSR count). The third-order valence-corrected chi connectivity index (χ3v) is 12.7. The van der Waals surface area contributed by atoms with Crippen LogP contribution in [0.4, 0.5) is 21.9 Å². The molecule has 0 saturated heterocycles. The SMILES string of the molecule is C=CC(=O)OCCCCCCOc1ccc(-c2cc(CCCCCCCCCCCCOc3ccc(N=Nc4ccc([N+](=O)[O-])cc4)cc3)c(-c3ccc(OCCCCCCOC(=O)C=C)cc3)c(C(=O)OC(=O)O)c2)cc1. The Bertz CT molecular complexity index is 2690. The van der Waals surface area contributed by atoms with Crippen LogP contribution in [-0.2, 0) is 30.2 Å². The highest BCUT2D eigenvalue weighted by Crippen LogP contribution is 2.36. The number of unbranched alkanes of at least 4 members (excludes halogenated alkanes) is 15. The van der Waals surface area contributed by atoms with Crippen molar-refractivity contribution in [1.82, 2.24) is 0 Å². The third-order valence-electron chi connectivity index (χ3n) is 12.7. The van der Waals surface area contributed by atoms with E-state index in [4.69, 9.17) is 28.4 Å². The van der Waals surface area contributed by atoms with Gasteiger partial charge in [-0.15, -0.1) is 0 Å². The van der Waals surface area contributed by atoms with Crippen LogP contribution >= 0.6 is 0 Å². The fraction of sp³-hybridized carbons (Fsp3) is 0.387. The van der Waals surface area contributed by atoms with E-state index in [1.807, 2.05) is 72.8 Å². The Kier molecular flexibility index (Phi) is 27.4. The van der Waals surface area contributed by atoms with Crippen molar-refractivity contribution in [3.63, 3.8) is 0 Å². The Hall–Kier alpha value is -8.14. The Morgan fingerprint density at radius 3 is 1.29 bits per heavy atom. The predicted octanol–water partition coefficient (Wildman–Crippen LogP) is 16.0.